The van der Waals surface area contributed by atoms with Gasteiger partial charge < -0.3 is 10.1 Å². The predicted octanol–water partition coefficient (Wildman–Crippen LogP) is 3.55. The summed E-state index contributed by atoms with van der Waals surface area (Å²) >= 11 is 1.78. The molecule has 1 aliphatic heterocycles. The van der Waals surface area contributed by atoms with Crippen molar-refractivity contribution < 1.29 is 4.74 Å². The molecule has 1 aliphatic rings. The molecule has 3 rings (SSSR count). The van der Waals surface area contributed by atoms with Gasteiger partial charge in [0.25, 0.3) is 0 Å². The number of para-hydroxylation sites is 1. The van der Waals surface area contributed by atoms with Gasteiger partial charge in [0, 0.05) is 5.92 Å². The Morgan fingerprint density at radius 3 is 2.84 bits per heavy atom. The average Bonchev–Trinajstić information content (AvgIpc) is 2.85. The third-order valence-electron chi connectivity index (χ3n) is 3.47. The fourth-order valence-corrected chi connectivity index (χ4v) is 3.36. The zero-order chi connectivity index (χ0) is 13.2. The lowest BCUT2D eigenvalue weighted by molar-refractivity contribution is 0.164. The molecule has 0 amide bonds. The van der Waals surface area contributed by atoms with Gasteiger partial charge in [-0.05, 0) is 38.1 Å². The molecule has 0 aliphatic carbocycles. The van der Waals surface area contributed by atoms with Crippen LogP contribution in [0.3, 0.4) is 0 Å². The van der Waals surface area contributed by atoms with E-state index >= 15 is 0 Å². The normalized spacial score (nSPS) is 17.2. The Kier molecular flexibility index (Phi) is 3.71. The standard InChI is InChI=1S/C15H20N2OS/c1-10(2)15-17-14-12(4-3-5-13(14)19-15)18-11-6-8-16-9-7-11/h3-5,10-11,16H,6-9H2,1-2H3. The lowest BCUT2D eigenvalue weighted by Gasteiger charge is -2.23. The number of ether oxygens (including phenoxy) is 1. The predicted molar refractivity (Wildman–Crippen MR) is 80.2 cm³/mol. The highest BCUT2D eigenvalue weighted by Gasteiger charge is 2.17. The summed E-state index contributed by atoms with van der Waals surface area (Å²) in [5, 5.41) is 4.55. The zero-order valence-electron chi connectivity index (χ0n) is 11.5. The molecule has 0 unspecified atom stereocenters. The van der Waals surface area contributed by atoms with E-state index < -0.39 is 0 Å². The minimum Gasteiger partial charge on any atom is -0.488 e. The van der Waals surface area contributed by atoms with Gasteiger partial charge in [0.15, 0.2) is 0 Å². The van der Waals surface area contributed by atoms with E-state index in [1.165, 1.54) is 9.71 Å². The van der Waals surface area contributed by atoms with Gasteiger partial charge in [-0.3, -0.25) is 0 Å². The van der Waals surface area contributed by atoms with Gasteiger partial charge in [0.1, 0.15) is 17.4 Å². The molecule has 4 heteroatoms. The molecule has 1 aromatic carbocycles. The number of thiazole rings is 1. The Balaban J connectivity index is 1.89. The Bertz CT molecular complexity index is 558. The Labute approximate surface area is 118 Å². The van der Waals surface area contributed by atoms with Crippen molar-refractivity contribution in [3.8, 4) is 5.75 Å². The fourth-order valence-electron chi connectivity index (χ4n) is 2.38. The molecule has 1 saturated heterocycles. The van der Waals surface area contributed by atoms with Gasteiger partial charge in [-0.2, -0.15) is 0 Å². The first kappa shape index (κ1) is 12.9. The molecule has 0 spiro atoms. The van der Waals surface area contributed by atoms with Gasteiger partial charge in [-0.15, -0.1) is 11.3 Å². The largest absolute Gasteiger partial charge is 0.488 e. The van der Waals surface area contributed by atoms with Crippen LogP contribution in [0, 0.1) is 0 Å². The van der Waals surface area contributed by atoms with E-state index in [1.807, 2.05) is 6.07 Å². The second-order valence-electron chi connectivity index (χ2n) is 5.38. The van der Waals surface area contributed by atoms with E-state index in [0.717, 1.165) is 37.2 Å². The lowest BCUT2D eigenvalue weighted by Crippen LogP contribution is -2.34. The minimum absolute atomic E-state index is 0.330. The van der Waals surface area contributed by atoms with Gasteiger partial charge >= 0.3 is 0 Å². The number of piperidine rings is 1. The highest BCUT2D eigenvalue weighted by molar-refractivity contribution is 7.18. The highest BCUT2D eigenvalue weighted by Crippen LogP contribution is 2.33. The zero-order valence-corrected chi connectivity index (χ0v) is 12.3. The summed E-state index contributed by atoms with van der Waals surface area (Å²) < 4.78 is 7.40. The molecule has 1 fully saturated rings. The van der Waals surface area contributed by atoms with Crippen molar-refractivity contribution in [2.75, 3.05) is 13.1 Å². The van der Waals surface area contributed by atoms with Crippen molar-refractivity contribution in [2.45, 2.75) is 38.7 Å². The first-order valence-corrected chi connectivity index (χ1v) is 7.82. The molecular formula is C15H20N2OS. The third-order valence-corrected chi connectivity index (χ3v) is 4.79. The van der Waals surface area contributed by atoms with Gasteiger partial charge in [0.2, 0.25) is 0 Å². The monoisotopic (exact) mass is 276 g/mol. The lowest BCUT2D eigenvalue weighted by atomic mass is 10.1. The Morgan fingerprint density at radius 2 is 2.11 bits per heavy atom. The highest BCUT2D eigenvalue weighted by atomic mass is 32.1. The molecule has 0 radical (unpaired) electrons. The van der Waals surface area contributed by atoms with Crippen LogP contribution in [0.15, 0.2) is 18.2 Å². The molecule has 3 nitrogen and oxygen atoms in total. The van der Waals surface area contributed by atoms with Crippen LogP contribution >= 0.6 is 11.3 Å². The van der Waals surface area contributed by atoms with E-state index in [2.05, 4.69) is 31.3 Å². The number of fused-ring (bicyclic) bond motifs is 1. The van der Waals surface area contributed by atoms with E-state index in [1.54, 1.807) is 11.3 Å². The van der Waals surface area contributed by atoms with Crippen molar-refractivity contribution >= 4 is 21.6 Å². The maximum atomic E-state index is 6.17. The van der Waals surface area contributed by atoms with E-state index in [0.29, 0.717) is 12.0 Å². The summed E-state index contributed by atoms with van der Waals surface area (Å²) in [6, 6.07) is 6.25. The summed E-state index contributed by atoms with van der Waals surface area (Å²) in [6.07, 6.45) is 2.49. The number of hydrogen-bond donors (Lipinski definition) is 1. The Hall–Kier alpha value is -1.13. The van der Waals surface area contributed by atoms with Crippen LogP contribution in [0.4, 0.5) is 0 Å². The van der Waals surface area contributed by atoms with Gasteiger partial charge in [0.05, 0.1) is 9.71 Å². The number of aromatic nitrogens is 1. The molecule has 0 bridgehead atoms. The minimum atomic E-state index is 0.330. The smallest absolute Gasteiger partial charge is 0.146 e. The maximum Gasteiger partial charge on any atom is 0.146 e. The van der Waals surface area contributed by atoms with Gasteiger partial charge in [-0.1, -0.05) is 19.9 Å². The van der Waals surface area contributed by atoms with Crippen molar-refractivity contribution in [1.29, 1.82) is 0 Å². The van der Waals surface area contributed by atoms with E-state index in [9.17, 15) is 0 Å². The van der Waals surface area contributed by atoms with E-state index in [-0.39, 0.29) is 0 Å². The molecule has 1 aromatic heterocycles. The van der Waals surface area contributed by atoms with Crippen LogP contribution in [0.2, 0.25) is 0 Å². The molecule has 1 N–H and O–H groups in total. The first-order chi connectivity index (χ1) is 9.24. The van der Waals surface area contributed by atoms with Gasteiger partial charge in [-0.25, -0.2) is 4.98 Å². The molecule has 19 heavy (non-hydrogen) atoms. The van der Waals surface area contributed by atoms with Crippen LogP contribution in [0.1, 0.15) is 37.6 Å². The van der Waals surface area contributed by atoms with Crippen molar-refractivity contribution in [1.82, 2.24) is 10.3 Å². The molecule has 0 atom stereocenters. The summed E-state index contributed by atoms with van der Waals surface area (Å²) in [7, 11) is 0. The van der Waals surface area contributed by atoms with Crippen LogP contribution in [-0.4, -0.2) is 24.2 Å². The second kappa shape index (κ2) is 5.47. The fraction of sp³-hybridized carbons (Fsp3) is 0.533. The Morgan fingerprint density at radius 1 is 1.32 bits per heavy atom. The second-order valence-corrected chi connectivity index (χ2v) is 6.44. The molecular weight excluding hydrogens is 256 g/mol. The molecule has 2 aromatic rings. The number of nitrogens with one attached hydrogen (secondary N) is 1. The van der Waals surface area contributed by atoms with Crippen molar-refractivity contribution in [2.24, 2.45) is 0 Å². The summed E-state index contributed by atoms with van der Waals surface area (Å²) in [6.45, 7) is 6.47. The summed E-state index contributed by atoms with van der Waals surface area (Å²) in [4.78, 5) is 4.76. The third kappa shape index (κ3) is 2.74. The van der Waals surface area contributed by atoms with Crippen LogP contribution in [0.5, 0.6) is 5.75 Å². The van der Waals surface area contributed by atoms with Crippen LogP contribution in [0.25, 0.3) is 10.2 Å². The first-order valence-electron chi connectivity index (χ1n) is 7.01. The SMILES string of the molecule is CC(C)c1nc2c(OC3CCNCC3)cccc2s1. The van der Waals surface area contributed by atoms with E-state index in [4.69, 9.17) is 9.72 Å². The van der Waals surface area contributed by atoms with Crippen LogP contribution < -0.4 is 10.1 Å². The average molecular weight is 276 g/mol. The van der Waals surface area contributed by atoms with Crippen molar-refractivity contribution in [3.05, 3.63) is 23.2 Å². The summed E-state index contributed by atoms with van der Waals surface area (Å²) in [5.41, 5.74) is 1.04. The molecule has 0 saturated carbocycles. The number of nitrogens with zero attached hydrogens (tertiary/aromatic N) is 1. The summed E-state index contributed by atoms with van der Waals surface area (Å²) in [5.74, 6) is 1.43. The number of hydrogen-bond acceptors (Lipinski definition) is 4. The topological polar surface area (TPSA) is 34.1 Å². The van der Waals surface area contributed by atoms with Crippen molar-refractivity contribution in [3.63, 3.8) is 0 Å². The quantitative estimate of drug-likeness (QED) is 0.931. The molecule has 102 valence electrons. The van der Waals surface area contributed by atoms with Crippen LogP contribution in [-0.2, 0) is 0 Å². The molecule has 2 heterocycles. The number of benzene rings is 1. The number of rotatable bonds is 3. The maximum absolute atomic E-state index is 6.17.